The number of hydrogen-bond donors (Lipinski definition) is 2. The summed E-state index contributed by atoms with van der Waals surface area (Å²) in [6.45, 7) is 3.82. The lowest BCUT2D eigenvalue weighted by Crippen LogP contribution is -2.44. The lowest BCUT2D eigenvalue weighted by molar-refractivity contribution is -0.129. The molecule has 0 spiro atoms. The quantitative estimate of drug-likeness (QED) is 0.381. The van der Waals surface area contributed by atoms with Crippen molar-refractivity contribution in [2.75, 3.05) is 0 Å². The van der Waals surface area contributed by atoms with Gasteiger partial charge in [-0.15, -0.1) is 0 Å². The van der Waals surface area contributed by atoms with Gasteiger partial charge in [-0.3, -0.25) is 10.2 Å². The number of amides is 1. The number of hydrazine groups is 1. The van der Waals surface area contributed by atoms with E-state index in [1.165, 1.54) is 0 Å². The highest BCUT2D eigenvalue weighted by Crippen LogP contribution is 2.18. The maximum atomic E-state index is 11.5. The Balaban J connectivity index is 2.79. The van der Waals surface area contributed by atoms with Crippen LogP contribution in [0.25, 0.3) is 0 Å². The average Bonchev–Trinajstić information content (AvgIpc) is 2.24. The summed E-state index contributed by atoms with van der Waals surface area (Å²) in [6, 6.07) is 7.54. The van der Waals surface area contributed by atoms with Crippen LogP contribution in [0.1, 0.15) is 13.8 Å². The van der Waals surface area contributed by atoms with Gasteiger partial charge >= 0.3 is 0 Å². The third kappa shape index (κ3) is 3.64. The van der Waals surface area contributed by atoms with Crippen LogP contribution >= 0.6 is 22.6 Å². The van der Waals surface area contributed by atoms with E-state index in [2.05, 4.69) is 28.0 Å². The largest absolute Gasteiger partial charge is 0.480 e. The van der Waals surface area contributed by atoms with Crippen molar-refractivity contribution in [3.8, 4) is 5.75 Å². The molecule has 0 saturated carbocycles. The molecule has 88 valence electrons. The minimum absolute atomic E-state index is 0.0569. The minimum atomic E-state index is -0.566. The van der Waals surface area contributed by atoms with Crippen LogP contribution in [0, 0.1) is 9.49 Å². The van der Waals surface area contributed by atoms with Gasteiger partial charge in [0.15, 0.2) is 6.10 Å². The van der Waals surface area contributed by atoms with Crippen molar-refractivity contribution in [1.82, 2.24) is 5.43 Å². The number of halogens is 1. The fourth-order valence-electron chi connectivity index (χ4n) is 1.26. The molecule has 4 nitrogen and oxygen atoms in total. The van der Waals surface area contributed by atoms with Gasteiger partial charge in [-0.1, -0.05) is 19.9 Å². The van der Waals surface area contributed by atoms with Crippen molar-refractivity contribution < 1.29 is 9.53 Å². The number of benzene rings is 1. The van der Waals surface area contributed by atoms with Gasteiger partial charge in [0, 0.05) is 3.57 Å². The van der Waals surface area contributed by atoms with Crippen LogP contribution in [0.4, 0.5) is 0 Å². The van der Waals surface area contributed by atoms with Crippen molar-refractivity contribution in [3.63, 3.8) is 0 Å². The summed E-state index contributed by atoms with van der Waals surface area (Å²) in [7, 11) is 0. The number of nitrogens with one attached hydrogen (secondary N) is 1. The number of hydrogen-bond acceptors (Lipinski definition) is 3. The van der Waals surface area contributed by atoms with Crippen molar-refractivity contribution in [3.05, 3.63) is 27.8 Å². The van der Waals surface area contributed by atoms with Crippen LogP contribution in [-0.2, 0) is 4.79 Å². The Morgan fingerprint density at radius 3 is 2.69 bits per heavy atom. The molecule has 1 amide bonds. The van der Waals surface area contributed by atoms with E-state index in [1.54, 1.807) is 0 Å². The molecule has 3 N–H and O–H groups in total. The van der Waals surface area contributed by atoms with Gasteiger partial charge in [0.2, 0.25) is 0 Å². The van der Waals surface area contributed by atoms with Crippen LogP contribution in [0.3, 0.4) is 0 Å². The number of ether oxygens (including phenoxy) is 1. The highest BCUT2D eigenvalue weighted by Gasteiger charge is 2.23. The smallest absolute Gasteiger partial charge is 0.275 e. The molecule has 0 saturated heterocycles. The Kier molecular flexibility index (Phi) is 5.01. The first kappa shape index (κ1) is 13.2. The van der Waals surface area contributed by atoms with E-state index in [0.717, 1.165) is 3.57 Å². The molecule has 0 aliphatic heterocycles. The monoisotopic (exact) mass is 334 g/mol. The van der Waals surface area contributed by atoms with E-state index in [-0.39, 0.29) is 11.8 Å². The second-order valence-corrected chi connectivity index (χ2v) is 4.99. The lowest BCUT2D eigenvalue weighted by atomic mass is 10.1. The summed E-state index contributed by atoms with van der Waals surface area (Å²) in [5.74, 6) is 5.53. The van der Waals surface area contributed by atoms with E-state index >= 15 is 0 Å². The van der Waals surface area contributed by atoms with Crippen LogP contribution in [0.15, 0.2) is 24.3 Å². The minimum Gasteiger partial charge on any atom is -0.480 e. The van der Waals surface area contributed by atoms with Crippen molar-refractivity contribution in [2.45, 2.75) is 20.0 Å². The third-order valence-electron chi connectivity index (χ3n) is 2.07. The molecule has 1 aromatic rings. The fraction of sp³-hybridized carbons (Fsp3) is 0.364. The zero-order chi connectivity index (χ0) is 12.1. The summed E-state index contributed by atoms with van der Waals surface area (Å²) >= 11 is 2.19. The van der Waals surface area contributed by atoms with E-state index in [1.807, 2.05) is 38.1 Å². The zero-order valence-electron chi connectivity index (χ0n) is 9.24. The van der Waals surface area contributed by atoms with E-state index in [9.17, 15) is 4.79 Å². The number of rotatable bonds is 4. The highest BCUT2D eigenvalue weighted by atomic mass is 127. The molecule has 0 heterocycles. The Bertz CT molecular complexity index is 369. The molecule has 0 bridgehead atoms. The van der Waals surface area contributed by atoms with E-state index in [4.69, 9.17) is 10.6 Å². The molecule has 1 atom stereocenters. The first-order chi connectivity index (χ1) is 7.54. The van der Waals surface area contributed by atoms with Gasteiger partial charge in [0.1, 0.15) is 5.75 Å². The first-order valence-corrected chi connectivity index (χ1v) is 6.05. The second kappa shape index (κ2) is 6.05. The van der Waals surface area contributed by atoms with Crippen LogP contribution < -0.4 is 16.0 Å². The maximum absolute atomic E-state index is 11.5. The zero-order valence-corrected chi connectivity index (χ0v) is 11.4. The van der Waals surface area contributed by atoms with E-state index < -0.39 is 6.10 Å². The summed E-state index contributed by atoms with van der Waals surface area (Å²) in [5.41, 5.74) is 2.12. The van der Waals surface area contributed by atoms with Gasteiger partial charge in [0.05, 0.1) is 0 Å². The molecular weight excluding hydrogens is 319 g/mol. The molecule has 0 aliphatic carbocycles. The fourth-order valence-corrected chi connectivity index (χ4v) is 1.78. The molecule has 0 aliphatic rings. The Labute approximate surface area is 109 Å². The molecule has 1 rings (SSSR count). The maximum Gasteiger partial charge on any atom is 0.275 e. The van der Waals surface area contributed by atoms with E-state index in [0.29, 0.717) is 5.75 Å². The highest BCUT2D eigenvalue weighted by molar-refractivity contribution is 14.1. The SMILES string of the molecule is CC(C)C(Oc1cccc(I)c1)C(=O)NN. The summed E-state index contributed by atoms with van der Waals surface area (Å²) in [6.07, 6.45) is -0.566. The summed E-state index contributed by atoms with van der Waals surface area (Å²) < 4.78 is 6.67. The normalized spacial score (nSPS) is 12.3. The molecule has 5 heteroatoms. The molecule has 1 unspecified atom stereocenters. The third-order valence-corrected chi connectivity index (χ3v) is 2.74. The van der Waals surface area contributed by atoms with Gasteiger partial charge in [0.25, 0.3) is 5.91 Å². The Morgan fingerprint density at radius 2 is 2.19 bits per heavy atom. The Hall–Kier alpha value is -0.820. The molecule has 0 fully saturated rings. The molecule has 0 aromatic heterocycles. The summed E-state index contributed by atoms with van der Waals surface area (Å²) in [5, 5.41) is 0. The van der Waals surface area contributed by atoms with Gasteiger partial charge in [-0.25, -0.2) is 5.84 Å². The second-order valence-electron chi connectivity index (χ2n) is 3.75. The topological polar surface area (TPSA) is 64.3 Å². The van der Waals surface area contributed by atoms with Crippen molar-refractivity contribution in [2.24, 2.45) is 11.8 Å². The van der Waals surface area contributed by atoms with Crippen LogP contribution in [0.5, 0.6) is 5.75 Å². The molecule has 16 heavy (non-hydrogen) atoms. The van der Waals surface area contributed by atoms with Gasteiger partial charge < -0.3 is 4.74 Å². The standard InChI is InChI=1S/C11H15IN2O2/c1-7(2)10(11(15)14-13)16-9-5-3-4-8(12)6-9/h3-7,10H,13H2,1-2H3,(H,14,15). The number of carbonyl (C=O) groups is 1. The van der Waals surface area contributed by atoms with Crippen LogP contribution in [0.2, 0.25) is 0 Å². The van der Waals surface area contributed by atoms with Crippen molar-refractivity contribution in [1.29, 1.82) is 0 Å². The predicted octanol–water partition coefficient (Wildman–Crippen LogP) is 1.68. The first-order valence-electron chi connectivity index (χ1n) is 4.97. The van der Waals surface area contributed by atoms with Gasteiger partial charge in [-0.05, 0) is 46.7 Å². The average molecular weight is 334 g/mol. The predicted molar refractivity (Wildman–Crippen MR) is 70.7 cm³/mol. The lowest BCUT2D eigenvalue weighted by Gasteiger charge is -2.20. The number of carbonyl (C=O) groups excluding carboxylic acids is 1. The van der Waals surface area contributed by atoms with Crippen LogP contribution in [-0.4, -0.2) is 12.0 Å². The molecule has 0 radical (unpaired) electrons. The molecule has 1 aromatic carbocycles. The molecular formula is C11H15IN2O2. The number of nitrogens with two attached hydrogens (primary N) is 1. The summed E-state index contributed by atoms with van der Waals surface area (Å²) in [4.78, 5) is 11.5. The van der Waals surface area contributed by atoms with Gasteiger partial charge in [-0.2, -0.15) is 0 Å². The van der Waals surface area contributed by atoms with Crippen molar-refractivity contribution >= 4 is 28.5 Å². The Morgan fingerprint density at radius 1 is 1.50 bits per heavy atom.